The molecule has 0 aromatic heterocycles. The summed E-state index contributed by atoms with van der Waals surface area (Å²) in [6.45, 7) is 0. The molecular formula is C23H17F3N2O. The van der Waals surface area contributed by atoms with E-state index in [-0.39, 0.29) is 11.6 Å². The Balaban J connectivity index is 1.73. The van der Waals surface area contributed by atoms with Crippen LogP contribution in [0.15, 0.2) is 90.0 Å². The number of hydrogen-bond donors (Lipinski definition) is 0. The molecule has 29 heavy (non-hydrogen) atoms. The van der Waals surface area contributed by atoms with E-state index in [1.54, 1.807) is 0 Å². The van der Waals surface area contributed by atoms with Crippen LogP contribution in [0.1, 0.15) is 39.5 Å². The maximum Gasteiger partial charge on any atom is 0.416 e. The van der Waals surface area contributed by atoms with E-state index in [0.717, 1.165) is 29.0 Å². The number of carbonyl (C=O) groups excluding carboxylic acids is 1. The van der Waals surface area contributed by atoms with E-state index in [9.17, 15) is 18.0 Å². The van der Waals surface area contributed by atoms with Gasteiger partial charge in [-0.2, -0.15) is 18.3 Å². The van der Waals surface area contributed by atoms with Crippen molar-refractivity contribution in [3.05, 3.63) is 107 Å². The van der Waals surface area contributed by atoms with E-state index in [2.05, 4.69) is 5.10 Å². The highest BCUT2D eigenvalue weighted by Crippen LogP contribution is 2.35. The maximum atomic E-state index is 13.1. The minimum atomic E-state index is -4.52. The number of alkyl halides is 3. The van der Waals surface area contributed by atoms with Crippen LogP contribution in [0.25, 0.3) is 0 Å². The molecular weight excluding hydrogens is 377 g/mol. The summed E-state index contributed by atoms with van der Waals surface area (Å²) in [5.41, 5.74) is 1.58. The summed E-state index contributed by atoms with van der Waals surface area (Å²) in [7, 11) is 0. The van der Waals surface area contributed by atoms with Gasteiger partial charge in [-0.05, 0) is 29.3 Å². The van der Waals surface area contributed by atoms with Gasteiger partial charge in [-0.25, -0.2) is 5.01 Å². The molecule has 3 aromatic carbocycles. The van der Waals surface area contributed by atoms with E-state index >= 15 is 0 Å². The second kappa shape index (κ2) is 7.54. The Morgan fingerprint density at radius 3 is 2.21 bits per heavy atom. The van der Waals surface area contributed by atoms with Gasteiger partial charge in [0, 0.05) is 12.0 Å². The number of carbonyl (C=O) groups is 1. The third kappa shape index (κ3) is 3.92. The smallest absolute Gasteiger partial charge is 0.267 e. The molecule has 0 aliphatic carbocycles. The second-order valence-electron chi connectivity index (χ2n) is 6.77. The minimum absolute atomic E-state index is 0.0428. The summed E-state index contributed by atoms with van der Waals surface area (Å²) in [6.07, 6.45) is -4.03. The van der Waals surface area contributed by atoms with Gasteiger partial charge in [0.25, 0.3) is 5.91 Å². The SMILES string of the molecule is O=C(c1cccc(C(F)(F)F)c1)N1N=C(c2ccccc2)CC1c1ccccc1. The van der Waals surface area contributed by atoms with Crippen LogP contribution < -0.4 is 0 Å². The Labute approximate surface area is 166 Å². The normalized spacial score (nSPS) is 16.6. The van der Waals surface area contributed by atoms with Crippen LogP contribution in [0, 0.1) is 0 Å². The summed E-state index contributed by atoms with van der Waals surface area (Å²) in [5, 5.41) is 5.80. The van der Waals surface area contributed by atoms with Gasteiger partial charge >= 0.3 is 6.18 Å². The molecule has 1 aliphatic rings. The van der Waals surface area contributed by atoms with Crippen molar-refractivity contribution in [1.29, 1.82) is 0 Å². The lowest BCUT2D eigenvalue weighted by Crippen LogP contribution is -2.27. The van der Waals surface area contributed by atoms with Crippen LogP contribution in [0.3, 0.4) is 0 Å². The topological polar surface area (TPSA) is 32.7 Å². The number of amides is 1. The third-order valence-corrected chi connectivity index (χ3v) is 4.85. The molecule has 1 atom stereocenters. The zero-order valence-corrected chi connectivity index (χ0v) is 15.3. The highest BCUT2D eigenvalue weighted by atomic mass is 19.4. The molecule has 6 heteroatoms. The summed E-state index contributed by atoms with van der Waals surface area (Å²) in [5.74, 6) is -0.559. The standard InChI is InChI=1S/C23H17F3N2O/c24-23(25,26)19-13-7-12-18(14-19)22(29)28-21(17-10-5-2-6-11-17)15-20(27-28)16-8-3-1-4-9-16/h1-14,21H,15H2. The lowest BCUT2D eigenvalue weighted by molar-refractivity contribution is -0.137. The molecule has 1 unspecified atom stereocenters. The summed E-state index contributed by atoms with van der Waals surface area (Å²) in [4.78, 5) is 13.1. The Morgan fingerprint density at radius 2 is 1.55 bits per heavy atom. The fraction of sp³-hybridized carbons (Fsp3) is 0.130. The maximum absolute atomic E-state index is 13.1. The molecule has 1 heterocycles. The predicted octanol–water partition coefficient (Wildman–Crippen LogP) is 5.70. The monoisotopic (exact) mass is 394 g/mol. The fourth-order valence-electron chi connectivity index (χ4n) is 3.40. The number of hydrazone groups is 1. The average molecular weight is 394 g/mol. The van der Waals surface area contributed by atoms with Gasteiger partial charge in [-0.1, -0.05) is 66.7 Å². The molecule has 0 saturated heterocycles. The Bertz CT molecular complexity index is 1050. The largest absolute Gasteiger partial charge is 0.416 e. The van der Waals surface area contributed by atoms with Crippen molar-refractivity contribution < 1.29 is 18.0 Å². The molecule has 0 N–H and O–H groups in total. The first-order valence-corrected chi connectivity index (χ1v) is 9.12. The first-order valence-electron chi connectivity index (χ1n) is 9.12. The minimum Gasteiger partial charge on any atom is -0.267 e. The number of halogens is 3. The lowest BCUT2D eigenvalue weighted by Gasteiger charge is -2.22. The molecule has 146 valence electrons. The van der Waals surface area contributed by atoms with Crippen molar-refractivity contribution >= 4 is 11.6 Å². The molecule has 0 radical (unpaired) electrons. The number of rotatable bonds is 3. The number of nitrogens with zero attached hydrogens (tertiary/aromatic N) is 2. The van der Waals surface area contributed by atoms with Crippen molar-refractivity contribution in [2.75, 3.05) is 0 Å². The first kappa shape index (κ1) is 18.9. The van der Waals surface area contributed by atoms with Crippen molar-refractivity contribution in [3.8, 4) is 0 Å². The van der Waals surface area contributed by atoms with Gasteiger partial charge in [0.1, 0.15) is 0 Å². The highest BCUT2D eigenvalue weighted by Gasteiger charge is 2.35. The molecule has 1 amide bonds. The summed E-state index contributed by atoms with van der Waals surface area (Å²) >= 11 is 0. The molecule has 3 nitrogen and oxygen atoms in total. The molecule has 0 fully saturated rings. The highest BCUT2D eigenvalue weighted by molar-refractivity contribution is 6.05. The van der Waals surface area contributed by atoms with Crippen LogP contribution in [-0.4, -0.2) is 16.6 Å². The zero-order chi connectivity index (χ0) is 20.4. The zero-order valence-electron chi connectivity index (χ0n) is 15.3. The van der Waals surface area contributed by atoms with Gasteiger partial charge in [0.05, 0.1) is 17.3 Å². The molecule has 3 aromatic rings. The quantitative estimate of drug-likeness (QED) is 0.561. The van der Waals surface area contributed by atoms with Gasteiger partial charge in [-0.15, -0.1) is 0 Å². The fourth-order valence-corrected chi connectivity index (χ4v) is 3.40. The second-order valence-corrected chi connectivity index (χ2v) is 6.77. The summed E-state index contributed by atoms with van der Waals surface area (Å²) in [6, 6.07) is 22.9. The van der Waals surface area contributed by atoms with Crippen LogP contribution >= 0.6 is 0 Å². The van der Waals surface area contributed by atoms with E-state index < -0.39 is 17.6 Å². The van der Waals surface area contributed by atoms with Crippen LogP contribution in [0.2, 0.25) is 0 Å². The van der Waals surface area contributed by atoms with Crippen LogP contribution in [-0.2, 0) is 6.18 Å². The number of hydrogen-bond acceptors (Lipinski definition) is 2. The Kier molecular flexibility index (Phi) is 4.92. The molecule has 4 rings (SSSR count). The van der Waals surface area contributed by atoms with Crippen molar-refractivity contribution in [3.63, 3.8) is 0 Å². The molecule has 0 saturated carbocycles. The van der Waals surface area contributed by atoms with E-state index in [0.29, 0.717) is 6.42 Å². The average Bonchev–Trinajstić information content (AvgIpc) is 3.19. The first-order chi connectivity index (χ1) is 13.9. The third-order valence-electron chi connectivity index (χ3n) is 4.85. The van der Waals surface area contributed by atoms with E-state index in [1.807, 2.05) is 60.7 Å². The van der Waals surface area contributed by atoms with Gasteiger partial charge in [-0.3, -0.25) is 4.79 Å². The summed E-state index contributed by atoms with van der Waals surface area (Å²) < 4.78 is 39.2. The van der Waals surface area contributed by atoms with Gasteiger partial charge in [0.15, 0.2) is 0 Å². The van der Waals surface area contributed by atoms with Crippen molar-refractivity contribution in [2.45, 2.75) is 18.6 Å². The van der Waals surface area contributed by atoms with Crippen molar-refractivity contribution in [1.82, 2.24) is 5.01 Å². The number of benzene rings is 3. The Morgan fingerprint density at radius 1 is 0.897 bits per heavy atom. The van der Waals surface area contributed by atoms with Gasteiger partial charge < -0.3 is 0 Å². The van der Waals surface area contributed by atoms with Crippen LogP contribution in [0.4, 0.5) is 13.2 Å². The van der Waals surface area contributed by atoms with Crippen molar-refractivity contribution in [2.24, 2.45) is 5.10 Å². The lowest BCUT2D eigenvalue weighted by atomic mass is 9.98. The van der Waals surface area contributed by atoms with E-state index in [4.69, 9.17) is 0 Å². The van der Waals surface area contributed by atoms with Gasteiger partial charge in [0.2, 0.25) is 0 Å². The Hall–Kier alpha value is -3.41. The molecule has 0 spiro atoms. The molecule has 0 bridgehead atoms. The van der Waals surface area contributed by atoms with Crippen LogP contribution in [0.5, 0.6) is 0 Å². The predicted molar refractivity (Wildman–Crippen MR) is 104 cm³/mol. The molecule has 1 aliphatic heterocycles. The van der Waals surface area contributed by atoms with E-state index in [1.165, 1.54) is 17.1 Å².